The van der Waals surface area contributed by atoms with E-state index >= 15 is 0 Å². The lowest BCUT2D eigenvalue weighted by Crippen LogP contribution is -2.31. The maximum atomic E-state index is 12.9. The minimum atomic E-state index is -0.0290. The van der Waals surface area contributed by atoms with Crippen LogP contribution in [0, 0.1) is 5.92 Å². The van der Waals surface area contributed by atoms with Gasteiger partial charge in [-0.25, -0.2) is 4.68 Å². The Hall–Kier alpha value is -1.92. The number of carbonyl (C=O) groups excluding carboxylic acids is 1. The Labute approximate surface area is 146 Å². The lowest BCUT2D eigenvalue weighted by Gasteiger charge is -2.16. The van der Waals surface area contributed by atoms with E-state index in [0.717, 1.165) is 37.4 Å². The highest BCUT2D eigenvalue weighted by Gasteiger charge is 2.30. The quantitative estimate of drug-likeness (QED) is 0.900. The molecule has 3 rings (SSSR count). The molecule has 1 atom stereocenters. The lowest BCUT2D eigenvalue weighted by atomic mass is 10.1. The fourth-order valence-electron chi connectivity index (χ4n) is 3.22. The maximum Gasteiger partial charge on any atom is 0.276 e. The fraction of sp³-hybridized carbons (Fsp3) is 0.471. The van der Waals surface area contributed by atoms with Gasteiger partial charge in [0.05, 0.1) is 11.4 Å². The van der Waals surface area contributed by atoms with Gasteiger partial charge in [0.15, 0.2) is 5.69 Å². The van der Waals surface area contributed by atoms with Crippen molar-refractivity contribution in [3.05, 3.63) is 40.7 Å². The summed E-state index contributed by atoms with van der Waals surface area (Å²) in [4.78, 5) is 14.7. The molecule has 24 heavy (non-hydrogen) atoms. The van der Waals surface area contributed by atoms with Crippen LogP contribution in [-0.2, 0) is 6.42 Å². The third-order valence-electron chi connectivity index (χ3n) is 4.42. The van der Waals surface area contributed by atoms with Gasteiger partial charge in [0, 0.05) is 18.1 Å². The van der Waals surface area contributed by atoms with Crippen LogP contribution in [-0.4, -0.2) is 52.5 Å². The Kier molecular flexibility index (Phi) is 5.16. The molecule has 1 aliphatic rings. The molecule has 6 nitrogen and oxygen atoms in total. The Balaban J connectivity index is 1.86. The summed E-state index contributed by atoms with van der Waals surface area (Å²) in [7, 11) is 1.94. The molecule has 1 aliphatic heterocycles. The number of halogens is 1. The highest BCUT2D eigenvalue weighted by Crippen LogP contribution is 2.21. The van der Waals surface area contributed by atoms with Crippen LogP contribution in [0.5, 0.6) is 0 Å². The lowest BCUT2D eigenvalue weighted by molar-refractivity contribution is 0.0780. The summed E-state index contributed by atoms with van der Waals surface area (Å²) in [6.07, 6.45) is 1.70. The molecular formula is C17H22ClN5O. The summed E-state index contributed by atoms with van der Waals surface area (Å²) >= 11 is 6.07. The van der Waals surface area contributed by atoms with E-state index in [9.17, 15) is 4.79 Å². The van der Waals surface area contributed by atoms with Crippen molar-refractivity contribution < 1.29 is 4.79 Å². The molecule has 7 heteroatoms. The molecule has 1 N–H and O–H groups in total. The van der Waals surface area contributed by atoms with Crippen molar-refractivity contribution in [2.24, 2.45) is 5.92 Å². The third-order valence-corrected chi connectivity index (χ3v) is 4.65. The number of nitrogens with one attached hydrogen (secondary N) is 1. The largest absolute Gasteiger partial charge is 0.337 e. The van der Waals surface area contributed by atoms with Crippen molar-refractivity contribution in [2.75, 3.05) is 26.7 Å². The first-order valence-electron chi connectivity index (χ1n) is 8.28. The van der Waals surface area contributed by atoms with Crippen LogP contribution < -0.4 is 5.32 Å². The predicted octanol–water partition coefficient (Wildman–Crippen LogP) is 2.16. The maximum absolute atomic E-state index is 12.9. The van der Waals surface area contributed by atoms with Gasteiger partial charge in [-0.05, 0) is 50.6 Å². The molecule has 1 aromatic heterocycles. The van der Waals surface area contributed by atoms with Gasteiger partial charge in [-0.15, -0.1) is 5.10 Å². The average molecular weight is 348 g/mol. The van der Waals surface area contributed by atoms with Gasteiger partial charge in [-0.1, -0.05) is 29.8 Å². The predicted molar refractivity (Wildman–Crippen MR) is 93.7 cm³/mol. The van der Waals surface area contributed by atoms with Crippen molar-refractivity contribution in [3.8, 4) is 5.69 Å². The van der Waals surface area contributed by atoms with Crippen molar-refractivity contribution in [2.45, 2.75) is 19.8 Å². The van der Waals surface area contributed by atoms with Gasteiger partial charge in [-0.2, -0.15) is 0 Å². The Bertz CT molecular complexity index is 730. The summed E-state index contributed by atoms with van der Waals surface area (Å²) < 4.78 is 1.71. The number of amides is 1. The summed E-state index contributed by atoms with van der Waals surface area (Å²) in [6.45, 7) is 4.48. The van der Waals surface area contributed by atoms with Gasteiger partial charge >= 0.3 is 0 Å². The number of likely N-dealkylation sites (tertiary alicyclic amines) is 1. The van der Waals surface area contributed by atoms with E-state index in [0.29, 0.717) is 23.1 Å². The van der Waals surface area contributed by atoms with E-state index in [-0.39, 0.29) is 5.91 Å². The van der Waals surface area contributed by atoms with Gasteiger partial charge < -0.3 is 10.2 Å². The monoisotopic (exact) mass is 347 g/mol. The number of nitrogens with zero attached hydrogens (tertiary/aromatic N) is 4. The molecule has 1 fully saturated rings. The third kappa shape index (κ3) is 3.30. The minimum Gasteiger partial charge on any atom is -0.337 e. The zero-order valence-corrected chi connectivity index (χ0v) is 14.8. The summed E-state index contributed by atoms with van der Waals surface area (Å²) in [5, 5.41) is 12.2. The van der Waals surface area contributed by atoms with Crippen LogP contribution in [0.15, 0.2) is 24.3 Å². The Morgan fingerprint density at radius 3 is 3.00 bits per heavy atom. The average Bonchev–Trinajstić information content (AvgIpc) is 3.21. The highest BCUT2D eigenvalue weighted by molar-refractivity contribution is 6.30. The van der Waals surface area contributed by atoms with E-state index in [1.165, 1.54) is 0 Å². The van der Waals surface area contributed by atoms with Crippen LogP contribution in [0.3, 0.4) is 0 Å². The Morgan fingerprint density at radius 2 is 2.29 bits per heavy atom. The van der Waals surface area contributed by atoms with E-state index in [4.69, 9.17) is 11.6 Å². The van der Waals surface area contributed by atoms with E-state index in [1.54, 1.807) is 4.68 Å². The standard InChI is InChI=1S/C17H22ClN5O/c1-3-15-16(17(24)22-8-7-12(11-22)10-19-2)20-21-23(15)14-6-4-5-13(18)9-14/h4-6,9,12,19H,3,7-8,10-11H2,1-2H3. The van der Waals surface area contributed by atoms with Crippen molar-refractivity contribution >= 4 is 17.5 Å². The minimum absolute atomic E-state index is 0.0290. The first-order chi connectivity index (χ1) is 11.6. The molecule has 0 bridgehead atoms. The van der Waals surface area contributed by atoms with Gasteiger partial charge in [0.1, 0.15) is 0 Å². The van der Waals surface area contributed by atoms with E-state index in [2.05, 4.69) is 15.6 Å². The van der Waals surface area contributed by atoms with Crippen LogP contribution in [0.1, 0.15) is 29.5 Å². The molecule has 2 aromatic rings. The number of benzene rings is 1. The molecule has 128 valence electrons. The number of carbonyl (C=O) groups is 1. The second-order valence-corrected chi connectivity index (χ2v) is 6.53. The van der Waals surface area contributed by atoms with Gasteiger partial charge in [-0.3, -0.25) is 4.79 Å². The smallest absolute Gasteiger partial charge is 0.276 e. The summed E-state index contributed by atoms with van der Waals surface area (Å²) in [6, 6.07) is 7.41. The van der Waals surface area contributed by atoms with Gasteiger partial charge in [0.2, 0.25) is 0 Å². The Morgan fingerprint density at radius 1 is 1.46 bits per heavy atom. The molecule has 2 heterocycles. The van der Waals surface area contributed by atoms with Crippen molar-refractivity contribution in [1.29, 1.82) is 0 Å². The van der Waals surface area contributed by atoms with Crippen molar-refractivity contribution in [3.63, 3.8) is 0 Å². The van der Waals surface area contributed by atoms with Crippen LogP contribution in [0.2, 0.25) is 5.02 Å². The summed E-state index contributed by atoms with van der Waals surface area (Å²) in [5.41, 5.74) is 2.09. The fourth-order valence-corrected chi connectivity index (χ4v) is 3.41. The van der Waals surface area contributed by atoms with Crippen LogP contribution in [0.4, 0.5) is 0 Å². The topological polar surface area (TPSA) is 63.1 Å². The van der Waals surface area contributed by atoms with Gasteiger partial charge in [0.25, 0.3) is 5.91 Å². The first-order valence-corrected chi connectivity index (χ1v) is 8.66. The molecule has 0 aliphatic carbocycles. The number of aromatic nitrogens is 3. The summed E-state index contributed by atoms with van der Waals surface area (Å²) in [5.74, 6) is 0.478. The second kappa shape index (κ2) is 7.32. The molecule has 1 aromatic carbocycles. The zero-order valence-electron chi connectivity index (χ0n) is 14.0. The molecule has 0 radical (unpaired) electrons. The van der Waals surface area contributed by atoms with Crippen LogP contribution in [0.25, 0.3) is 5.69 Å². The second-order valence-electron chi connectivity index (χ2n) is 6.09. The van der Waals surface area contributed by atoms with E-state index in [1.807, 2.05) is 43.1 Å². The van der Waals surface area contributed by atoms with E-state index < -0.39 is 0 Å². The first kappa shape index (κ1) is 16.9. The molecule has 1 amide bonds. The molecule has 0 spiro atoms. The van der Waals surface area contributed by atoms with Crippen molar-refractivity contribution in [1.82, 2.24) is 25.2 Å². The normalized spacial score (nSPS) is 17.5. The number of hydrogen-bond donors (Lipinski definition) is 1. The zero-order chi connectivity index (χ0) is 17.1. The molecular weight excluding hydrogens is 326 g/mol. The number of hydrogen-bond acceptors (Lipinski definition) is 4. The SMILES string of the molecule is CCc1c(C(=O)N2CCC(CNC)C2)nnn1-c1cccc(Cl)c1. The van der Waals surface area contributed by atoms with Crippen LogP contribution >= 0.6 is 11.6 Å². The molecule has 1 saturated heterocycles. The number of rotatable bonds is 5. The molecule has 1 unspecified atom stereocenters. The molecule has 0 saturated carbocycles. The highest BCUT2D eigenvalue weighted by atomic mass is 35.5.